The quantitative estimate of drug-likeness (QED) is 0.624. The number of rotatable bonds is 1. The number of nitrogens with two attached hydrogens (primary N) is 1. The molecule has 110 valence electrons. The number of nitrogen functional groups attached to an aromatic ring is 1. The number of aromatic hydroxyl groups is 1. The molecule has 1 aliphatic carbocycles. The van der Waals surface area contributed by atoms with Gasteiger partial charge in [-0.3, -0.25) is 4.79 Å². The predicted octanol–water partition coefficient (Wildman–Crippen LogP) is 3.47. The van der Waals surface area contributed by atoms with E-state index in [1.807, 2.05) is 43.4 Å². The van der Waals surface area contributed by atoms with Gasteiger partial charge in [-0.1, -0.05) is 49.4 Å². The van der Waals surface area contributed by atoms with Crippen LogP contribution < -0.4 is 5.73 Å². The molecule has 1 unspecified atom stereocenters. The lowest BCUT2D eigenvalue weighted by molar-refractivity contribution is 0.100. The Bertz CT molecular complexity index is 848. The minimum atomic E-state index is -0.489. The summed E-state index contributed by atoms with van der Waals surface area (Å²) in [4.78, 5) is 16.5. The van der Waals surface area contributed by atoms with Crippen LogP contribution in [0, 0.1) is 5.92 Å². The van der Waals surface area contributed by atoms with Crippen LogP contribution in [0.5, 0.6) is 5.75 Å². The van der Waals surface area contributed by atoms with Crippen molar-refractivity contribution in [3.05, 3.63) is 60.2 Å². The molecule has 3 N–H and O–H groups in total. The molecule has 3 rings (SSSR count). The summed E-state index contributed by atoms with van der Waals surface area (Å²) in [6.07, 6.45) is 7.51. The smallest absolute Gasteiger partial charge is 0.281 e. The standard InChI is InChI=1S/C18H16N2O2/c1-11-6-2-5-9-15(11)20-18(22)14-10-12-7-3-4-8-13(12)16(19)17(14)21/h2-11,21H,19H2,1H3. The highest BCUT2D eigenvalue weighted by atomic mass is 16.3. The van der Waals surface area contributed by atoms with Gasteiger partial charge < -0.3 is 10.8 Å². The number of hydrogen-bond acceptors (Lipinski definition) is 3. The number of amides is 1. The summed E-state index contributed by atoms with van der Waals surface area (Å²) in [7, 11) is 0. The SMILES string of the molecule is CC1C=CC=CC1=NC(=O)c1cc2ccccc2c(N)c1O. The zero-order valence-corrected chi connectivity index (χ0v) is 12.2. The number of phenolic OH excluding ortho intramolecular Hbond substituents is 1. The Kier molecular flexibility index (Phi) is 3.51. The monoisotopic (exact) mass is 292 g/mol. The average molecular weight is 292 g/mol. The van der Waals surface area contributed by atoms with Crippen LogP contribution in [0.2, 0.25) is 0 Å². The van der Waals surface area contributed by atoms with E-state index in [1.54, 1.807) is 18.2 Å². The second-order valence-corrected chi connectivity index (χ2v) is 5.28. The summed E-state index contributed by atoms with van der Waals surface area (Å²) < 4.78 is 0. The minimum absolute atomic E-state index is 0.0638. The Morgan fingerprint density at radius 3 is 2.82 bits per heavy atom. The van der Waals surface area contributed by atoms with Gasteiger partial charge in [0.05, 0.1) is 17.0 Å². The lowest BCUT2D eigenvalue weighted by Crippen LogP contribution is -2.11. The normalized spacial score (nSPS) is 19.0. The molecule has 0 aromatic heterocycles. The lowest BCUT2D eigenvalue weighted by atomic mass is 10.00. The summed E-state index contributed by atoms with van der Waals surface area (Å²) in [5.74, 6) is -0.637. The molecule has 2 aromatic rings. The Labute approximate surface area is 128 Å². The van der Waals surface area contributed by atoms with Crippen molar-refractivity contribution in [2.75, 3.05) is 5.73 Å². The Morgan fingerprint density at radius 1 is 1.27 bits per heavy atom. The van der Waals surface area contributed by atoms with Crippen LogP contribution in [-0.2, 0) is 0 Å². The fourth-order valence-corrected chi connectivity index (χ4v) is 2.48. The molecule has 2 aromatic carbocycles. The van der Waals surface area contributed by atoms with Crippen molar-refractivity contribution < 1.29 is 9.90 Å². The van der Waals surface area contributed by atoms with E-state index in [0.29, 0.717) is 5.71 Å². The third kappa shape index (κ3) is 2.39. The van der Waals surface area contributed by atoms with E-state index in [9.17, 15) is 9.90 Å². The van der Waals surface area contributed by atoms with Crippen LogP contribution in [0.4, 0.5) is 5.69 Å². The van der Waals surface area contributed by atoms with Gasteiger partial charge in [-0.2, -0.15) is 0 Å². The molecule has 0 bridgehead atoms. The molecule has 22 heavy (non-hydrogen) atoms. The maximum Gasteiger partial charge on any atom is 0.281 e. The van der Waals surface area contributed by atoms with Gasteiger partial charge in [0, 0.05) is 11.3 Å². The van der Waals surface area contributed by atoms with Crippen LogP contribution in [0.1, 0.15) is 17.3 Å². The van der Waals surface area contributed by atoms with Crippen molar-refractivity contribution >= 4 is 28.1 Å². The van der Waals surface area contributed by atoms with Gasteiger partial charge >= 0.3 is 0 Å². The molecule has 0 aliphatic heterocycles. The Hall–Kier alpha value is -2.88. The number of hydrogen-bond donors (Lipinski definition) is 2. The van der Waals surface area contributed by atoms with Crippen LogP contribution in [0.3, 0.4) is 0 Å². The van der Waals surface area contributed by atoms with Gasteiger partial charge in [0.25, 0.3) is 5.91 Å². The maximum absolute atomic E-state index is 12.4. The van der Waals surface area contributed by atoms with Gasteiger partial charge in [0.2, 0.25) is 0 Å². The number of anilines is 1. The summed E-state index contributed by atoms with van der Waals surface area (Å²) in [6.45, 7) is 1.96. The molecule has 0 radical (unpaired) electrons. The number of allylic oxidation sites excluding steroid dienone is 4. The van der Waals surface area contributed by atoms with E-state index in [-0.39, 0.29) is 22.9 Å². The number of carbonyl (C=O) groups excluding carboxylic acids is 1. The number of nitrogens with zero attached hydrogens (tertiary/aromatic N) is 1. The summed E-state index contributed by atoms with van der Waals surface area (Å²) in [5, 5.41) is 11.7. The van der Waals surface area contributed by atoms with Crippen molar-refractivity contribution in [2.45, 2.75) is 6.92 Å². The molecule has 4 heteroatoms. The summed E-state index contributed by atoms with van der Waals surface area (Å²) in [5.41, 5.74) is 6.93. The van der Waals surface area contributed by atoms with Crippen molar-refractivity contribution in [3.8, 4) is 5.75 Å². The number of fused-ring (bicyclic) bond motifs is 1. The number of phenols is 1. The molecule has 1 amide bonds. The number of aliphatic imine (C=N–C) groups is 1. The zero-order valence-electron chi connectivity index (χ0n) is 12.2. The van der Waals surface area contributed by atoms with E-state index >= 15 is 0 Å². The van der Waals surface area contributed by atoms with E-state index in [1.165, 1.54) is 0 Å². The van der Waals surface area contributed by atoms with E-state index in [0.717, 1.165) is 10.8 Å². The first-order chi connectivity index (χ1) is 10.6. The zero-order chi connectivity index (χ0) is 15.7. The van der Waals surface area contributed by atoms with Crippen LogP contribution in [0.25, 0.3) is 10.8 Å². The molecular weight excluding hydrogens is 276 g/mol. The molecule has 0 spiro atoms. The highest BCUT2D eigenvalue weighted by Crippen LogP contribution is 2.34. The van der Waals surface area contributed by atoms with Crippen LogP contribution >= 0.6 is 0 Å². The fraction of sp³-hybridized carbons (Fsp3) is 0.111. The highest BCUT2D eigenvalue weighted by molar-refractivity contribution is 6.13. The van der Waals surface area contributed by atoms with Crippen molar-refractivity contribution in [3.63, 3.8) is 0 Å². The second-order valence-electron chi connectivity index (χ2n) is 5.28. The molecule has 0 saturated heterocycles. The van der Waals surface area contributed by atoms with Crippen molar-refractivity contribution in [2.24, 2.45) is 10.9 Å². The van der Waals surface area contributed by atoms with Crippen LogP contribution in [0.15, 0.2) is 59.6 Å². The summed E-state index contributed by atoms with van der Waals surface area (Å²) in [6, 6.07) is 8.97. The molecule has 0 heterocycles. The third-order valence-corrected chi connectivity index (χ3v) is 3.77. The first-order valence-corrected chi connectivity index (χ1v) is 7.06. The Balaban J connectivity index is 2.08. The molecule has 0 fully saturated rings. The topological polar surface area (TPSA) is 75.7 Å². The molecule has 0 saturated carbocycles. The molecule has 1 aliphatic rings. The van der Waals surface area contributed by atoms with E-state index in [4.69, 9.17) is 5.73 Å². The van der Waals surface area contributed by atoms with Crippen molar-refractivity contribution in [1.29, 1.82) is 0 Å². The first-order valence-electron chi connectivity index (χ1n) is 7.06. The summed E-state index contributed by atoms with van der Waals surface area (Å²) >= 11 is 0. The third-order valence-electron chi connectivity index (χ3n) is 3.77. The van der Waals surface area contributed by atoms with Crippen molar-refractivity contribution in [1.82, 2.24) is 0 Å². The van der Waals surface area contributed by atoms with E-state index < -0.39 is 5.91 Å². The minimum Gasteiger partial charge on any atom is -0.505 e. The predicted molar refractivity (Wildman–Crippen MR) is 89.2 cm³/mol. The van der Waals surface area contributed by atoms with Gasteiger partial charge in [-0.15, -0.1) is 0 Å². The number of benzene rings is 2. The van der Waals surface area contributed by atoms with Gasteiger partial charge in [-0.25, -0.2) is 4.99 Å². The van der Waals surface area contributed by atoms with E-state index in [2.05, 4.69) is 4.99 Å². The molecular formula is C18H16N2O2. The lowest BCUT2D eigenvalue weighted by Gasteiger charge is -2.11. The Morgan fingerprint density at radius 2 is 2.05 bits per heavy atom. The van der Waals surface area contributed by atoms with Crippen LogP contribution in [-0.4, -0.2) is 16.7 Å². The van der Waals surface area contributed by atoms with Gasteiger partial charge in [0.15, 0.2) is 5.75 Å². The number of carbonyl (C=O) groups is 1. The van der Waals surface area contributed by atoms with Gasteiger partial charge in [0.1, 0.15) is 0 Å². The van der Waals surface area contributed by atoms with Gasteiger partial charge in [-0.05, 0) is 17.5 Å². The highest BCUT2D eigenvalue weighted by Gasteiger charge is 2.17. The first kappa shape index (κ1) is 14.1. The largest absolute Gasteiger partial charge is 0.505 e. The second kappa shape index (κ2) is 5.48. The maximum atomic E-state index is 12.4. The average Bonchev–Trinajstić information content (AvgIpc) is 2.53. The molecule has 1 atom stereocenters. The fourth-order valence-electron chi connectivity index (χ4n) is 2.48. The molecule has 4 nitrogen and oxygen atoms in total.